The Hall–Kier alpha value is -0.120. The van der Waals surface area contributed by atoms with Gasteiger partial charge in [-0.2, -0.15) is 0 Å². The smallest absolute Gasteiger partial charge is 0.0660 e. The summed E-state index contributed by atoms with van der Waals surface area (Å²) in [5.74, 6) is 0. The van der Waals surface area contributed by atoms with Crippen molar-refractivity contribution in [3.05, 3.63) is 0 Å². The molecule has 3 nitrogen and oxygen atoms in total. The molecule has 2 unspecified atom stereocenters. The normalized spacial score (nSPS) is 38.8. The van der Waals surface area contributed by atoms with Crippen LogP contribution in [0.3, 0.4) is 0 Å². The lowest BCUT2D eigenvalue weighted by atomic mass is 9.89. The van der Waals surface area contributed by atoms with Crippen molar-refractivity contribution in [3.63, 3.8) is 0 Å². The predicted molar refractivity (Wildman–Crippen MR) is 66.4 cm³/mol. The van der Waals surface area contributed by atoms with Gasteiger partial charge < -0.3 is 15.8 Å². The highest BCUT2D eigenvalue weighted by molar-refractivity contribution is 4.97. The molecule has 0 aromatic rings. The lowest BCUT2D eigenvalue weighted by Gasteiger charge is -2.39. The Morgan fingerprint density at radius 2 is 2.19 bits per heavy atom. The minimum Gasteiger partial charge on any atom is -0.379 e. The maximum Gasteiger partial charge on any atom is 0.0660 e. The molecule has 1 aliphatic heterocycles. The molecular weight excluding hydrogens is 200 g/mol. The van der Waals surface area contributed by atoms with Gasteiger partial charge in [0, 0.05) is 19.2 Å². The van der Waals surface area contributed by atoms with Crippen LogP contribution in [0.25, 0.3) is 0 Å². The quantitative estimate of drug-likeness (QED) is 0.769. The fourth-order valence-corrected chi connectivity index (χ4v) is 3.18. The van der Waals surface area contributed by atoms with Gasteiger partial charge in [-0.05, 0) is 37.5 Å². The molecule has 0 aromatic carbocycles. The van der Waals surface area contributed by atoms with Gasteiger partial charge in [0.2, 0.25) is 0 Å². The largest absolute Gasteiger partial charge is 0.379 e. The monoisotopic (exact) mass is 226 g/mol. The van der Waals surface area contributed by atoms with E-state index in [0.717, 1.165) is 19.6 Å². The second-order valence-electron chi connectivity index (χ2n) is 6.39. The van der Waals surface area contributed by atoms with Crippen LogP contribution in [0.15, 0.2) is 0 Å². The van der Waals surface area contributed by atoms with Gasteiger partial charge in [-0.15, -0.1) is 0 Å². The van der Waals surface area contributed by atoms with E-state index in [0.29, 0.717) is 18.0 Å². The fourth-order valence-electron chi connectivity index (χ4n) is 3.18. The first-order valence-corrected chi connectivity index (χ1v) is 6.61. The van der Waals surface area contributed by atoms with Crippen molar-refractivity contribution in [3.8, 4) is 0 Å². The highest BCUT2D eigenvalue weighted by Gasteiger charge is 2.38. The van der Waals surface area contributed by atoms with Crippen molar-refractivity contribution in [2.75, 3.05) is 19.8 Å². The Morgan fingerprint density at radius 3 is 2.69 bits per heavy atom. The van der Waals surface area contributed by atoms with Crippen LogP contribution in [0.4, 0.5) is 0 Å². The van der Waals surface area contributed by atoms with E-state index in [1.165, 1.54) is 25.7 Å². The molecule has 2 aliphatic rings. The van der Waals surface area contributed by atoms with Crippen LogP contribution in [-0.2, 0) is 4.74 Å². The van der Waals surface area contributed by atoms with Gasteiger partial charge in [0.05, 0.1) is 12.1 Å². The van der Waals surface area contributed by atoms with Crippen molar-refractivity contribution < 1.29 is 4.74 Å². The minimum absolute atomic E-state index is 0.0589. The number of rotatable bonds is 3. The summed E-state index contributed by atoms with van der Waals surface area (Å²) in [6.45, 7) is 7.12. The molecule has 1 aliphatic carbocycles. The number of nitrogens with one attached hydrogen (secondary N) is 1. The standard InChI is InChI=1S/C13H26N2O/c1-12(2)6-4-11(8-12)15-13(9-14)5-3-7-16-10-13/h11,15H,3-10,14H2,1-2H3. The molecule has 94 valence electrons. The molecular formula is C13H26N2O. The van der Waals surface area contributed by atoms with Gasteiger partial charge in [0.15, 0.2) is 0 Å². The van der Waals surface area contributed by atoms with E-state index in [1.807, 2.05) is 0 Å². The zero-order chi connectivity index (χ0) is 11.6. The summed E-state index contributed by atoms with van der Waals surface area (Å²) in [6.07, 6.45) is 6.19. The summed E-state index contributed by atoms with van der Waals surface area (Å²) < 4.78 is 5.60. The van der Waals surface area contributed by atoms with E-state index in [1.54, 1.807) is 0 Å². The van der Waals surface area contributed by atoms with Crippen LogP contribution in [0.1, 0.15) is 46.0 Å². The first-order valence-electron chi connectivity index (χ1n) is 6.61. The Bertz CT molecular complexity index is 234. The van der Waals surface area contributed by atoms with Gasteiger partial charge in [0.1, 0.15) is 0 Å². The third kappa shape index (κ3) is 2.76. The van der Waals surface area contributed by atoms with Crippen molar-refractivity contribution in [2.24, 2.45) is 11.1 Å². The molecule has 0 radical (unpaired) electrons. The molecule has 16 heavy (non-hydrogen) atoms. The van der Waals surface area contributed by atoms with Crippen molar-refractivity contribution in [2.45, 2.75) is 57.5 Å². The zero-order valence-electron chi connectivity index (χ0n) is 10.7. The number of hydrogen-bond donors (Lipinski definition) is 2. The maximum absolute atomic E-state index is 5.94. The van der Waals surface area contributed by atoms with Crippen molar-refractivity contribution in [1.82, 2.24) is 5.32 Å². The average Bonchev–Trinajstić information content (AvgIpc) is 2.59. The van der Waals surface area contributed by atoms with E-state index in [-0.39, 0.29) is 5.54 Å². The Labute approximate surface area is 99.1 Å². The van der Waals surface area contributed by atoms with Crippen LogP contribution in [0.2, 0.25) is 0 Å². The van der Waals surface area contributed by atoms with Crippen LogP contribution in [0, 0.1) is 5.41 Å². The third-order valence-corrected chi connectivity index (χ3v) is 4.19. The molecule has 1 saturated carbocycles. The molecule has 0 amide bonds. The molecule has 0 bridgehead atoms. The highest BCUT2D eigenvalue weighted by atomic mass is 16.5. The summed E-state index contributed by atoms with van der Waals surface area (Å²) in [4.78, 5) is 0. The summed E-state index contributed by atoms with van der Waals surface area (Å²) in [5, 5.41) is 3.79. The van der Waals surface area contributed by atoms with E-state index in [2.05, 4.69) is 19.2 Å². The molecule has 3 N–H and O–H groups in total. The van der Waals surface area contributed by atoms with E-state index < -0.39 is 0 Å². The van der Waals surface area contributed by atoms with Gasteiger partial charge in [-0.1, -0.05) is 13.8 Å². The second-order valence-corrected chi connectivity index (χ2v) is 6.39. The molecule has 0 spiro atoms. The van der Waals surface area contributed by atoms with Crippen LogP contribution in [-0.4, -0.2) is 31.3 Å². The summed E-state index contributed by atoms with van der Waals surface area (Å²) >= 11 is 0. The zero-order valence-corrected chi connectivity index (χ0v) is 10.7. The van der Waals surface area contributed by atoms with Crippen LogP contribution >= 0.6 is 0 Å². The van der Waals surface area contributed by atoms with Gasteiger partial charge >= 0.3 is 0 Å². The first-order chi connectivity index (χ1) is 7.55. The van der Waals surface area contributed by atoms with Gasteiger partial charge in [-0.3, -0.25) is 0 Å². The molecule has 0 aromatic heterocycles. The van der Waals surface area contributed by atoms with E-state index >= 15 is 0 Å². The van der Waals surface area contributed by atoms with E-state index in [4.69, 9.17) is 10.5 Å². The molecule has 2 atom stereocenters. The van der Waals surface area contributed by atoms with Gasteiger partial charge in [-0.25, -0.2) is 0 Å². The maximum atomic E-state index is 5.94. The average molecular weight is 226 g/mol. The number of ether oxygens (including phenoxy) is 1. The number of hydrogen-bond acceptors (Lipinski definition) is 3. The first kappa shape index (κ1) is 12.3. The summed E-state index contributed by atoms with van der Waals surface area (Å²) in [6, 6.07) is 0.639. The van der Waals surface area contributed by atoms with Crippen LogP contribution in [0.5, 0.6) is 0 Å². The second kappa shape index (κ2) is 4.63. The third-order valence-electron chi connectivity index (χ3n) is 4.19. The SMILES string of the molecule is CC1(C)CCC(NC2(CN)CCCOC2)C1. The van der Waals surface area contributed by atoms with Crippen molar-refractivity contribution in [1.29, 1.82) is 0 Å². The molecule has 2 rings (SSSR count). The Kier molecular flexibility index (Phi) is 3.57. The van der Waals surface area contributed by atoms with Crippen molar-refractivity contribution >= 4 is 0 Å². The molecule has 3 heteroatoms. The molecule has 2 fully saturated rings. The lowest BCUT2D eigenvalue weighted by Crippen LogP contribution is -2.59. The lowest BCUT2D eigenvalue weighted by molar-refractivity contribution is 0.0183. The summed E-state index contributed by atoms with van der Waals surface area (Å²) in [7, 11) is 0. The van der Waals surface area contributed by atoms with E-state index in [9.17, 15) is 0 Å². The molecule has 1 saturated heterocycles. The van der Waals surface area contributed by atoms with Crippen LogP contribution < -0.4 is 11.1 Å². The Morgan fingerprint density at radius 1 is 1.38 bits per heavy atom. The summed E-state index contributed by atoms with van der Waals surface area (Å²) in [5.41, 5.74) is 6.50. The minimum atomic E-state index is 0.0589. The number of nitrogens with two attached hydrogens (primary N) is 1. The Balaban J connectivity index is 1.91. The fraction of sp³-hybridized carbons (Fsp3) is 1.00. The topological polar surface area (TPSA) is 47.3 Å². The van der Waals surface area contributed by atoms with Gasteiger partial charge in [0.25, 0.3) is 0 Å². The highest BCUT2D eigenvalue weighted by Crippen LogP contribution is 2.38. The predicted octanol–water partition coefficient (Wildman–Crippen LogP) is 1.66. The molecule has 1 heterocycles.